The summed E-state index contributed by atoms with van der Waals surface area (Å²) in [4.78, 5) is 10.8. The van der Waals surface area contributed by atoms with Gasteiger partial charge >= 0.3 is 0 Å². The largest absolute Gasteiger partial charge is 0.290 e. The SMILES string of the molecule is O=[C]C12CC3CC(C1)C(C3)C2. The third-order valence-corrected chi connectivity index (χ3v) is 4.14. The van der Waals surface area contributed by atoms with Crippen LogP contribution in [0.4, 0.5) is 0 Å². The zero-order valence-electron chi connectivity index (χ0n) is 6.68. The van der Waals surface area contributed by atoms with Gasteiger partial charge in [-0.3, -0.25) is 4.79 Å². The van der Waals surface area contributed by atoms with Gasteiger partial charge in [0.05, 0.1) is 0 Å². The standard InChI is InChI=1S/C10H13O/c11-6-10-3-7-1-8(4-10)9(2-7)5-10/h7-9H,1-5H2. The Balaban J connectivity index is 2.00. The maximum Gasteiger partial charge on any atom is 0.205 e. The molecule has 59 valence electrons. The molecule has 2 unspecified atom stereocenters. The minimum absolute atomic E-state index is 0.0521. The van der Waals surface area contributed by atoms with Crippen LogP contribution in [0, 0.1) is 23.2 Å². The predicted molar refractivity (Wildman–Crippen MR) is 41.7 cm³/mol. The van der Waals surface area contributed by atoms with Crippen LogP contribution in [-0.2, 0) is 4.79 Å². The topological polar surface area (TPSA) is 17.1 Å². The van der Waals surface area contributed by atoms with Crippen molar-refractivity contribution in [3.05, 3.63) is 0 Å². The van der Waals surface area contributed by atoms with Crippen molar-refractivity contribution in [2.24, 2.45) is 23.2 Å². The first kappa shape index (κ1) is 6.22. The second-order valence-corrected chi connectivity index (χ2v) is 4.85. The molecule has 0 aromatic heterocycles. The van der Waals surface area contributed by atoms with Crippen molar-refractivity contribution in [3.8, 4) is 0 Å². The maximum atomic E-state index is 10.8. The van der Waals surface area contributed by atoms with E-state index in [1.807, 2.05) is 0 Å². The van der Waals surface area contributed by atoms with E-state index in [0.29, 0.717) is 0 Å². The van der Waals surface area contributed by atoms with Gasteiger partial charge in [-0.15, -0.1) is 0 Å². The molecular weight excluding hydrogens is 136 g/mol. The van der Waals surface area contributed by atoms with E-state index < -0.39 is 0 Å². The molecule has 0 aliphatic heterocycles. The van der Waals surface area contributed by atoms with Gasteiger partial charge in [-0.05, 0) is 49.9 Å². The van der Waals surface area contributed by atoms with Gasteiger partial charge in [0.25, 0.3) is 0 Å². The predicted octanol–water partition coefficient (Wildman–Crippen LogP) is 1.92. The van der Waals surface area contributed by atoms with E-state index in [2.05, 4.69) is 6.29 Å². The molecule has 4 saturated carbocycles. The van der Waals surface area contributed by atoms with Gasteiger partial charge in [0.2, 0.25) is 6.29 Å². The summed E-state index contributed by atoms with van der Waals surface area (Å²) in [6.07, 6.45) is 8.70. The Hall–Kier alpha value is -0.330. The molecule has 0 spiro atoms. The van der Waals surface area contributed by atoms with Crippen molar-refractivity contribution in [1.29, 1.82) is 0 Å². The van der Waals surface area contributed by atoms with Crippen molar-refractivity contribution < 1.29 is 4.79 Å². The highest BCUT2D eigenvalue weighted by Gasteiger charge is 2.56. The highest BCUT2D eigenvalue weighted by Crippen LogP contribution is 2.63. The fourth-order valence-corrected chi connectivity index (χ4v) is 3.94. The quantitative estimate of drug-likeness (QED) is 0.556. The van der Waals surface area contributed by atoms with Crippen molar-refractivity contribution in [3.63, 3.8) is 0 Å². The highest BCUT2D eigenvalue weighted by atomic mass is 16.1. The Kier molecular flexibility index (Phi) is 0.961. The lowest BCUT2D eigenvalue weighted by Gasteiger charge is -2.32. The fraction of sp³-hybridized carbons (Fsp3) is 0.900. The number of rotatable bonds is 1. The molecular formula is C10H13O. The van der Waals surface area contributed by atoms with Gasteiger partial charge in [-0.2, -0.15) is 0 Å². The molecule has 11 heavy (non-hydrogen) atoms. The Morgan fingerprint density at radius 3 is 2.18 bits per heavy atom. The zero-order valence-corrected chi connectivity index (χ0v) is 6.68. The minimum atomic E-state index is 0.0521. The summed E-state index contributed by atoms with van der Waals surface area (Å²) in [5, 5.41) is 0. The first-order valence-corrected chi connectivity index (χ1v) is 4.71. The van der Waals surface area contributed by atoms with E-state index in [9.17, 15) is 4.79 Å². The van der Waals surface area contributed by atoms with Gasteiger partial charge < -0.3 is 0 Å². The lowest BCUT2D eigenvalue weighted by Crippen LogP contribution is -2.28. The second kappa shape index (κ2) is 1.70. The second-order valence-electron chi connectivity index (χ2n) is 4.85. The molecule has 1 nitrogen and oxygen atoms in total. The molecule has 2 atom stereocenters. The third-order valence-electron chi connectivity index (χ3n) is 4.14. The van der Waals surface area contributed by atoms with Gasteiger partial charge in [0.15, 0.2) is 0 Å². The smallest absolute Gasteiger partial charge is 0.205 e. The Labute approximate surface area is 67.2 Å². The first-order valence-electron chi connectivity index (χ1n) is 4.71. The molecule has 4 fully saturated rings. The molecule has 0 amide bonds. The monoisotopic (exact) mass is 149 g/mol. The van der Waals surface area contributed by atoms with Crippen LogP contribution < -0.4 is 0 Å². The summed E-state index contributed by atoms with van der Waals surface area (Å²) in [6, 6.07) is 0. The van der Waals surface area contributed by atoms with E-state index >= 15 is 0 Å². The van der Waals surface area contributed by atoms with E-state index in [0.717, 1.165) is 17.8 Å². The third kappa shape index (κ3) is 0.646. The summed E-state index contributed by atoms with van der Waals surface area (Å²) in [5.41, 5.74) is 0.0521. The summed E-state index contributed by atoms with van der Waals surface area (Å²) in [6.45, 7) is 0. The van der Waals surface area contributed by atoms with Crippen LogP contribution in [0.5, 0.6) is 0 Å². The van der Waals surface area contributed by atoms with Crippen LogP contribution >= 0.6 is 0 Å². The van der Waals surface area contributed by atoms with Crippen LogP contribution in [0.15, 0.2) is 0 Å². The Morgan fingerprint density at radius 2 is 1.73 bits per heavy atom. The van der Waals surface area contributed by atoms with Gasteiger partial charge in [-0.25, -0.2) is 0 Å². The molecule has 4 rings (SSSR count). The number of hydrogen-bond donors (Lipinski definition) is 0. The van der Waals surface area contributed by atoms with E-state index in [1.54, 1.807) is 0 Å². The molecule has 4 aliphatic rings. The Morgan fingerprint density at radius 1 is 1.09 bits per heavy atom. The number of hydrogen-bond acceptors (Lipinski definition) is 1. The van der Waals surface area contributed by atoms with E-state index in [-0.39, 0.29) is 5.41 Å². The number of carbonyl (C=O) groups excluding carboxylic acids is 1. The lowest BCUT2D eigenvalue weighted by atomic mass is 9.71. The van der Waals surface area contributed by atoms with Gasteiger partial charge in [-0.1, -0.05) is 0 Å². The van der Waals surface area contributed by atoms with Crippen molar-refractivity contribution in [2.45, 2.75) is 32.1 Å². The van der Waals surface area contributed by atoms with Crippen LogP contribution in [0.2, 0.25) is 0 Å². The summed E-state index contributed by atoms with van der Waals surface area (Å²) < 4.78 is 0. The van der Waals surface area contributed by atoms with Gasteiger partial charge in [0, 0.05) is 5.41 Å². The van der Waals surface area contributed by atoms with Crippen LogP contribution in [-0.4, -0.2) is 6.29 Å². The van der Waals surface area contributed by atoms with Crippen molar-refractivity contribution >= 4 is 6.29 Å². The molecule has 1 heteroatoms. The van der Waals surface area contributed by atoms with Gasteiger partial charge in [0.1, 0.15) is 0 Å². The molecule has 4 aliphatic carbocycles. The average Bonchev–Trinajstić information content (AvgIpc) is 2.40. The van der Waals surface area contributed by atoms with Crippen LogP contribution in [0.1, 0.15) is 32.1 Å². The molecule has 0 aromatic carbocycles. The molecule has 0 N–H and O–H groups in total. The molecule has 0 heterocycles. The van der Waals surface area contributed by atoms with Crippen LogP contribution in [0.25, 0.3) is 0 Å². The zero-order chi connectivity index (χ0) is 7.47. The molecule has 0 aromatic rings. The molecule has 0 saturated heterocycles. The summed E-state index contributed by atoms with van der Waals surface area (Å²) >= 11 is 0. The molecule has 1 radical (unpaired) electrons. The normalized spacial score (nSPS) is 58.7. The first-order chi connectivity index (χ1) is 5.31. The fourth-order valence-electron chi connectivity index (χ4n) is 3.94. The molecule has 4 bridgehead atoms. The van der Waals surface area contributed by atoms with E-state index in [1.165, 1.54) is 32.1 Å². The highest BCUT2D eigenvalue weighted by molar-refractivity contribution is 5.62. The minimum Gasteiger partial charge on any atom is -0.290 e. The summed E-state index contributed by atoms with van der Waals surface area (Å²) in [7, 11) is 0. The van der Waals surface area contributed by atoms with E-state index in [4.69, 9.17) is 0 Å². The Bertz CT molecular complexity index is 189. The summed E-state index contributed by atoms with van der Waals surface area (Å²) in [5.74, 6) is 2.72. The average molecular weight is 149 g/mol. The lowest BCUT2D eigenvalue weighted by molar-refractivity contribution is 0.214. The maximum absolute atomic E-state index is 10.8. The van der Waals surface area contributed by atoms with Crippen LogP contribution in [0.3, 0.4) is 0 Å². The van der Waals surface area contributed by atoms with Crippen molar-refractivity contribution in [1.82, 2.24) is 0 Å². The van der Waals surface area contributed by atoms with Crippen molar-refractivity contribution in [2.75, 3.05) is 0 Å².